The van der Waals surface area contributed by atoms with Crippen LogP contribution in [0.15, 0.2) is 36.4 Å². The van der Waals surface area contributed by atoms with Crippen molar-refractivity contribution in [1.29, 1.82) is 0 Å². The Bertz CT molecular complexity index is 825. The molecule has 2 aromatic carbocycles. The van der Waals surface area contributed by atoms with Crippen LogP contribution in [-0.4, -0.2) is 19.8 Å². The maximum Gasteiger partial charge on any atom is 0.271 e. The average molecular weight is 475 g/mol. The van der Waals surface area contributed by atoms with Crippen LogP contribution in [0.2, 0.25) is 10.0 Å². The van der Waals surface area contributed by atoms with E-state index in [1.807, 2.05) is 0 Å². The molecule has 0 aliphatic rings. The lowest BCUT2D eigenvalue weighted by molar-refractivity contribution is -0.385. The fraction of sp³-hybridized carbons (Fsp3) is 0.143. The molecule has 0 saturated carbocycles. The lowest BCUT2D eigenvalue weighted by Gasteiger charge is -2.29. The van der Waals surface area contributed by atoms with Crippen LogP contribution in [0.4, 0.5) is 22.7 Å². The molecule has 0 radical (unpaired) electrons. The lowest BCUT2D eigenvalue weighted by atomic mass is 10.2. The predicted molar refractivity (Wildman–Crippen MR) is 108 cm³/mol. The van der Waals surface area contributed by atoms with Crippen molar-refractivity contribution in [2.24, 2.45) is 0 Å². The van der Waals surface area contributed by atoms with Gasteiger partial charge in [0.15, 0.2) is 0 Å². The van der Waals surface area contributed by atoms with Crippen molar-refractivity contribution in [2.45, 2.75) is 9.96 Å². The highest BCUT2D eigenvalue weighted by atomic mass is 35.6. The van der Waals surface area contributed by atoms with Gasteiger partial charge >= 0.3 is 0 Å². The number of halogens is 5. The van der Waals surface area contributed by atoms with E-state index >= 15 is 0 Å². The molecule has 0 atom stereocenters. The molecule has 13 heteroatoms. The number of hydrogen-bond donors (Lipinski definition) is 2. The first-order chi connectivity index (χ1) is 12.5. The number of non-ortho nitro benzene ring substituents is 2. The zero-order valence-corrected chi connectivity index (χ0v) is 16.7. The lowest BCUT2D eigenvalue weighted by Crippen LogP contribution is -2.40. The maximum absolute atomic E-state index is 10.8. The molecular formula is C14H9Cl5N4O4. The molecule has 0 spiro atoms. The number of nitrogens with one attached hydrogen (secondary N) is 2. The third kappa shape index (κ3) is 5.63. The van der Waals surface area contributed by atoms with Gasteiger partial charge in [-0.3, -0.25) is 20.2 Å². The van der Waals surface area contributed by atoms with Gasteiger partial charge in [-0.1, -0.05) is 58.0 Å². The summed E-state index contributed by atoms with van der Waals surface area (Å²) in [5.74, 6) is 0. The molecule has 0 aliphatic heterocycles. The van der Waals surface area contributed by atoms with E-state index in [-0.39, 0.29) is 32.8 Å². The second-order valence-electron chi connectivity index (χ2n) is 5.11. The van der Waals surface area contributed by atoms with Crippen molar-refractivity contribution < 1.29 is 9.85 Å². The smallest absolute Gasteiger partial charge is 0.271 e. The van der Waals surface area contributed by atoms with E-state index in [0.717, 1.165) is 12.1 Å². The molecule has 0 aromatic heterocycles. The van der Waals surface area contributed by atoms with Crippen molar-refractivity contribution in [3.8, 4) is 0 Å². The van der Waals surface area contributed by atoms with E-state index in [4.69, 9.17) is 58.0 Å². The molecule has 8 nitrogen and oxygen atoms in total. The van der Waals surface area contributed by atoms with Crippen LogP contribution in [0.25, 0.3) is 0 Å². The topological polar surface area (TPSA) is 110 Å². The molecule has 0 amide bonds. The number of alkyl halides is 3. The summed E-state index contributed by atoms with van der Waals surface area (Å²) < 4.78 is -1.91. The zero-order chi connectivity index (χ0) is 20.4. The van der Waals surface area contributed by atoms with Gasteiger partial charge in [-0.25, -0.2) is 0 Å². The van der Waals surface area contributed by atoms with Crippen LogP contribution in [0.3, 0.4) is 0 Å². The van der Waals surface area contributed by atoms with E-state index < -0.39 is 19.8 Å². The first-order valence-corrected chi connectivity index (χ1v) is 8.85. The number of rotatable bonds is 6. The first kappa shape index (κ1) is 21.6. The average Bonchev–Trinajstić information content (AvgIpc) is 2.55. The molecule has 2 aromatic rings. The first-order valence-electron chi connectivity index (χ1n) is 6.96. The number of hydrogen-bond acceptors (Lipinski definition) is 6. The van der Waals surface area contributed by atoms with Gasteiger partial charge in [0.1, 0.15) is 6.17 Å². The van der Waals surface area contributed by atoms with E-state index in [9.17, 15) is 20.2 Å². The Hall–Kier alpha value is -1.71. The molecule has 0 aliphatic carbocycles. The molecule has 27 heavy (non-hydrogen) atoms. The SMILES string of the molecule is O=[N+]([O-])c1ccc(NC(Nc2ccc([N+](=O)[O-])cc2Cl)C(Cl)(Cl)Cl)c(Cl)c1. The summed E-state index contributed by atoms with van der Waals surface area (Å²) in [5, 5.41) is 27.3. The van der Waals surface area contributed by atoms with Crippen molar-refractivity contribution >= 4 is 80.8 Å². The predicted octanol–water partition coefficient (Wildman–Crippen LogP) is 6.03. The third-order valence-corrected chi connectivity index (χ3v) is 4.53. The van der Waals surface area contributed by atoms with Gasteiger partial charge in [-0.05, 0) is 12.1 Å². The number of benzene rings is 2. The van der Waals surface area contributed by atoms with Gasteiger partial charge < -0.3 is 10.6 Å². The Kier molecular flexibility index (Phi) is 6.82. The Balaban J connectivity index is 2.30. The maximum atomic E-state index is 10.8. The van der Waals surface area contributed by atoms with Crippen molar-refractivity contribution in [3.63, 3.8) is 0 Å². The van der Waals surface area contributed by atoms with Crippen LogP contribution < -0.4 is 10.6 Å². The van der Waals surface area contributed by atoms with Crippen LogP contribution in [0, 0.1) is 20.2 Å². The molecule has 0 saturated heterocycles. The molecule has 0 unspecified atom stereocenters. The summed E-state index contributed by atoms with van der Waals surface area (Å²) in [6.07, 6.45) is -1.08. The molecule has 0 fully saturated rings. The summed E-state index contributed by atoms with van der Waals surface area (Å²) in [4.78, 5) is 20.4. The molecule has 2 rings (SSSR count). The molecule has 0 heterocycles. The summed E-state index contributed by atoms with van der Waals surface area (Å²) in [6.45, 7) is 0. The molecule has 0 bridgehead atoms. The molecule has 2 N–H and O–H groups in total. The van der Waals surface area contributed by atoms with E-state index in [0.29, 0.717) is 0 Å². The van der Waals surface area contributed by atoms with E-state index in [1.165, 1.54) is 24.3 Å². The minimum atomic E-state index is -1.91. The normalized spacial score (nSPS) is 11.3. The Labute approximate surface area is 177 Å². The van der Waals surface area contributed by atoms with E-state index in [2.05, 4.69) is 10.6 Å². The van der Waals surface area contributed by atoms with Gasteiger partial charge in [0, 0.05) is 24.3 Å². The number of nitrogens with zero attached hydrogens (tertiary/aromatic N) is 2. The highest BCUT2D eigenvalue weighted by Gasteiger charge is 2.34. The van der Waals surface area contributed by atoms with Crippen molar-refractivity contribution in [2.75, 3.05) is 10.6 Å². The standard InChI is InChI=1S/C14H9Cl5N4O4/c15-9-5-7(22(24)25)1-3-11(9)20-13(14(17,18)19)21-12-4-2-8(23(26)27)6-10(12)16/h1-6,13,20-21H. The summed E-state index contributed by atoms with van der Waals surface area (Å²) in [7, 11) is 0. The van der Waals surface area contributed by atoms with Gasteiger partial charge in [-0.15, -0.1) is 0 Å². The van der Waals surface area contributed by atoms with E-state index in [1.54, 1.807) is 0 Å². The fourth-order valence-corrected chi connectivity index (χ4v) is 2.77. The van der Waals surface area contributed by atoms with Crippen molar-refractivity contribution in [3.05, 3.63) is 66.7 Å². The minimum Gasteiger partial charge on any atom is -0.361 e. The van der Waals surface area contributed by atoms with Gasteiger partial charge in [0.2, 0.25) is 3.79 Å². The second-order valence-corrected chi connectivity index (χ2v) is 8.29. The Morgan fingerprint density at radius 1 is 0.815 bits per heavy atom. The highest BCUT2D eigenvalue weighted by molar-refractivity contribution is 6.68. The third-order valence-electron chi connectivity index (χ3n) is 3.25. The summed E-state index contributed by atoms with van der Waals surface area (Å²) in [6, 6.07) is 7.42. The van der Waals surface area contributed by atoms with Crippen LogP contribution in [0.1, 0.15) is 0 Å². The summed E-state index contributed by atoms with van der Waals surface area (Å²) in [5.41, 5.74) is 0.0953. The number of anilines is 2. The molecular weight excluding hydrogens is 465 g/mol. The highest BCUT2D eigenvalue weighted by Crippen LogP contribution is 2.37. The fourth-order valence-electron chi connectivity index (χ4n) is 1.98. The van der Waals surface area contributed by atoms with Gasteiger partial charge in [0.25, 0.3) is 11.4 Å². The number of nitro benzene ring substituents is 2. The van der Waals surface area contributed by atoms with Crippen LogP contribution in [-0.2, 0) is 0 Å². The Morgan fingerprint density at radius 2 is 1.19 bits per heavy atom. The summed E-state index contributed by atoms with van der Waals surface area (Å²) >= 11 is 30.0. The monoisotopic (exact) mass is 472 g/mol. The van der Waals surface area contributed by atoms with Crippen LogP contribution in [0.5, 0.6) is 0 Å². The Morgan fingerprint density at radius 3 is 1.44 bits per heavy atom. The number of nitro groups is 2. The minimum absolute atomic E-state index is 0.0278. The van der Waals surface area contributed by atoms with Crippen LogP contribution >= 0.6 is 58.0 Å². The quantitative estimate of drug-likeness (QED) is 0.229. The largest absolute Gasteiger partial charge is 0.361 e. The van der Waals surface area contributed by atoms with Gasteiger partial charge in [0.05, 0.1) is 31.3 Å². The van der Waals surface area contributed by atoms with Gasteiger partial charge in [-0.2, -0.15) is 0 Å². The zero-order valence-electron chi connectivity index (χ0n) is 13.0. The van der Waals surface area contributed by atoms with Crippen molar-refractivity contribution in [1.82, 2.24) is 0 Å². The molecule has 144 valence electrons. The second kappa shape index (κ2) is 8.53.